The van der Waals surface area contributed by atoms with Crippen LogP contribution < -0.4 is 5.32 Å². The highest BCUT2D eigenvalue weighted by molar-refractivity contribution is 5.76. The molecule has 0 saturated carbocycles. The third-order valence-corrected chi connectivity index (χ3v) is 10.8. The SMILES string of the molecule is CCCCCCC/C=C/CC/C=C/C(O)C(CO)NC(=O)CCCCCCCCCCCCCCCCC/C=C\C/C=C\CCCCCCCCCCC. The Labute approximate surface area is 337 Å². The second kappa shape index (κ2) is 45.7. The minimum atomic E-state index is -0.860. The smallest absolute Gasteiger partial charge is 0.220 e. The molecule has 4 nitrogen and oxygen atoms in total. The first-order chi connectivity index (χ1) is 26.7. The number of allylic oxidation sites excluding steroid dienone is 7. The maximum absolute atomic E-state index is 12.4. The molecular formula is C50H93NO3. The van der Waals surface area contributed by atoms with Crippen molar-refractivity contribution in [2.75, 3.05) is 6.61 Å². The molecule has 0 saturated heterocycles. The van der Waals surface area contributed by atoms with E-state index in [2.05, 4.69) is 55.6 Å². The zero-order valence-corrected chi connectivity index (χ0v) is 36.2. The van der Waals surface area contributed by atoms with E-state index in [1.807, 2.05) is 6.08 Å². The van der Waals surface area contributed by atoms with Crippen molar-refractivity contribution in [1.29, 1.82) is 0 Å². The van der Waals surface area contributed by atoms with Gasteiger partial charge in [0.2, 0.25) is 5.91 Å². The Hall–Kier alpha value is -1.65. The molecule has 316 valence electrons. The Morgan fingerprint density at radius 2 is 0.778 bits per heavy atom. The lowest BCUT2D eigenvalue weighted by Crippen LogP contribution is -2.45. The van der Waals surface area contributed by atoms with E-state index in [0.717, 1.165) is 38.5 Å². The molecule has 0 heterocycles. The fraction of sp³-hybridized carbons (Fsp3) is 0.820. The number of carbonyl (C=O) groups excluding carboxylic acids is 1. The minimum Gasteiger partial charge on any atom is -0.394 e. The quantitative estimate of drug-likeness (QED) is 0.0429. The van der Waals surface area contributed by atoms with Gasteiger partial charge < -0.3 is 15.5 Å². The van der Waals surface area contributed by atoms with Crippen LogP contribution in [0.1, 0.15) is 245 Å². The van der Waals surface area contributed by atoms with Gasteiger partial charge in [-0.2, -0.15) is 0 Å². The molecule has 4 heteroatoms. The number of hydrogen-bond donors (Lipinski definition) is 3. The zero-order chi connectivity index (χ0) is 39.3. The molecule has 0 radical (unpaired) electrons. The summed E-state index contributed by atoms with van der Waals surface area (Å²) >= 11 is 0. The molecule has 3 N–H and O–H groups in total. The normalized spacial score (nSPS) is 13.3. The molecular weight excluding hydrogens is 663 g/mol. The van der Waals surface area contributed by atoms with Crippen molar-refractivity contribution >= 4 is 5.91 Å². The number of unbranched alkanes of at least 4 members (excludes halogenated alkanes) is 30. The van der Waals surface area contributed by atoms with Crippen molar-refractivity contribution in [3.05, 3.63) is 48.6 Å². The summed E-state index contributed by atoms with van der Waals surface area (Å²) in [6.45, 7) is 4.27. The average molecular weight is 756 g/mol. The van der Waals surface area contributed by atoms with Gasteiger partial charge in [0.25, 0.3) is 0 Å². The Kier molecular flexibility index (Phi) is 44.3. The van der Waals surface area contributed by atoms with Gasteiger partial charge in [-0.05, 0) is 64.2 Å². The topological polar surface area (TPSA) is 69.6 Å². The summed E-state index contributed by atoms with van der Waals surface area (Å²) in [6.07, 6.45) is 62.5. The summed E-state index contributed by atoms with van der Waals surface area (Å²) in [5.74, 6) is -0.0752. The molecule has 0 aromatic carbocycles. The van der Waals surface area contributed by atoms with E-state index >= 15 is 0 Å². The second-order valence-electron chi connectivity index (χ2n) is 16.2. The maximum Gasteiger partial charge on any atom is 0.220 e. The highest BCUT2D eigenvalue weighted by atomic mass is 16.3. The largest absolute Gasteiger partial charge is 0.394 e. The van der Waals surface area contributed by atoms with Crippen LogP contribution in [0.4, 0.5) is 0 Å². The first-order valence-electron chi connectivity index (χ1n) is 23.9. The number of nitrogens with one attached hydrogen (secondary N) is 1. The summed E-state index contributed by atoms with van der Waals surface area (Å²) in [4.78, 5) is 12.4. The molecule has 0 rings (SSSR count). The van der Waals surface area contributed by atoms with Crippen molar-refractivity contribution in [1.82, 2.24) is 5.32 Å². The number of carbonyl (C=O) groups is 1. The van der Waals surface area contributed by atoms with Crippen molar-refractivity contribution in [3.63, 3.8) is 0 Å². The molecule has 54 heavy (non-hydrogen) atoms. The van der Waals surface area contributed by atoms with Gasteiger partial charge in [-0.3, -0.25) is 4.79 Å². The number of aliphatic hydroxyl groups excluding tert-OH is 2. The second-order valence-corrected chi connectivity index (χ2v) is 16.2. The zero-order valence-electron chi connectivity index (χ0n) is 36.2. The van der Waals surface area contributed by atoms with E-state index in [4.69, 9.17) is 0 Å². The molecule has 0 fully saturated rings. The van der Waals surface area contributed by atoms with Crippen LogP contribution >= 0.6 is 0 Å². The lowest BCUT2D eigenvalue weighted by atomic mass is 10.0. The Morgan fingerprint density at radius 1 is 0.444 bits per heavy atom. The third kappa shape index (κ3) is 41.5. The van der Waals surface area contributed by atoms with Crippen LogP contribution in [0, 0.1) is 0 Å². The summed E-state index contributed by atoms with van der Waals surface area (Å²) in [6, 6.07) is -0.637. The third-order valence-electron chi connectivity index (χ3n) is 10.8. The van der Waals surface area contributed by atoms with Gasteiger partial charge in [0.05, 0.1) is 18.8 Å². The van der Waals surface area contributed by atoms with Crippen LogP contribution in [0.15, 0.2) is 48.6 Å². The Bertz CT molecular complexity index is 862. The van der Waals surface area contributed by atoms with E-state index in [1.54, 1.807) is 6.08 Å². The highest BCUT2D eigenvalue weighted by Gasteiger charge is 2.17. The van der Waals surface area contributed by atoms with Crippen LogP contribution in [0.25, 0.3) is 0 Å². The fourth-order valence-electron chi connectivity index (χ4n) is 7.11. The van der Waals surface area contributed by atoms with Gasteiger partial charge >= 0.3 is 0 Å². The molecule has 2 atom stereocenters. The molecule has 0 aliphatic carbocycles. The van der Waals surface area contributed by atoms with E-state index in [9.17, 15) is 15.0 Å². The predicted octanol–water partition coefficient (Wildman–Crippen LogP) is 15.1. The molecule has 1 amide bonds. The van der Waals surface area contributed by atoms with E-state index in [-0.39, 0.29) is 12.5 Å². The maximum atomic E-state index is 12.4. The number of hydrogen-bond acceptors (Lipinski definition) is 3. The van der Waals surface area contributed by atoms with Gasteiger partial charge in [0.1, 0.15) is 0 Å². The summed E-state index contributed by atoms with van der Waals surface area (Å²) in [5.41, 5.74) is 0. The molecule has 0 spiro atoms. The Morgan fingerprint density at radius 3 is 1.19 bits per heavy atom. The molecule has 0 bridgehead atoms. The molecule has 2 unspecified atom stereocenters. The minimum absolute atomic E-state index is 0.0752. The number of rotatable bonds is 43. The van der Waals surface area contributed by atoms with Crippen molar-refractivity contribution < 1.29 is 15.0 Å². The predicted molar refractivity (Wildman–Crippen MR) is 239 cm³/mol. The van der Waals surface area contributed by atoms with Crippen LogP contribution in [0.2, 0.25) is 0 Å². The summed E-state index contributed by atoms with van der Waals surface area (Å²) < 4.78 is 0. The monoisotopic (exact) mass is 756 g/mol. The summed E-state index contributed by atoms with van der Waals surface area (Å²) in [5, 5.41) is 22.9. The summed E-state index contributed by atoms with van der Waals surface area (Å²) in [7, 11) is 0. The van der Waals surface area contributed by atoms with Crippen LogP contribution in [0.5, 0.6) is 0 Å². The number of amides is 1. The van der Waals surface area contributed by atoms with Gasteiger partial charge in [-0.15, -0.1) is 0 Å². The highest BCUT2D eigenvalue weighted by Crippen LogP contribution is 2.15. The lowest BCUT2D eigenvalue weighted by Gasteiger charge is -2.19. The fourth-order valence-corrected chi connectivity index (χ4v) is 7.11. The van der Waals surface area contributed by atoms with Gasteiger partial charge in [-0.1, -0.05) is 223 Å². The number of aliphatic hydroxyl groups is 2. The standard InChI is InChI=1S/C50H93NO3/c1-3-5-7-9-11-13-15-16-17-18-19-20-21-22-23-24-25-26-27-28-29-30-31-32-33-34-36-38-40-42-44-46-50(54)51-48(47-52)49(53)45-43-41-39-37-35-14-12-10-8-6-4-2/h19-20,22-23,35,37,43,45,48-49,52-53H,3-18,21,24-34,36,38-42,44,46-47H2,1-2H3,(H,51,54)/b20-19-,23-22-,37-35+,45-43+. The van der Waals surface area contributed by atoms with E-state index < -0.39 is 12.1 Å². The van der Waals surface area contributed by atoms with Crippen LogP contribution in [-0.2, 0) is 4.79 Å². The Balaban J connectivity index is 3.48. The van der Waals surface area contributed by atoms with Crippen molar-refractivity contribution in [2.24, 2.45) is 0 Å². The van der Waals surface area contributed by atoms with Crippen LogP contribution in [0.3, 0.4) is 0 Å². The van der Waals surface area contributed by atoms with Crippen LogP contribution in [-0.4, -0.2) is 34.9 Å². The first kappa shape index (κ1) is 52.3. The van der Waals surface area contributed by atoms with Gasteiger partial charge in [0, 0.05) is 6.42 Å². The molecule has 0 aliphatic rings. The lowest BCUT2D eigenvalue weighted by molar-refractivity contribution is -0.123. The van der Waals surface area contributed by atoms with Gasteiger partial charge in [-0.25, -0.2) is 0 Å². The first-order valence-corrected chi connectivity index (χ1v) is 23.9. The van der Waals surface area contributed by atoms with E-state index in [1.165, 1.54) is 186 Å². The van der Waals surface area contributed by atoms with Crippen molar-refractivity contribution in [2.45, 2.75) is 257 Å². The van der Waals surface area contributed by atoms with E-state index in [0.29, 0.717) is 6.42 Å². The molecule has 0 aromatic rings. The molecule has 0 aliphatic heterocycles. The van der Waals surface area contributed by atoms with Gasteiger partial charge in [0.15, 0.2) is 0 Å². The molecule has 0 aromatic heterocycles. The average Bonchev–Trinajstić information content (AvgIpc) is 3.18. The van der Waals surface area contributed by atoms with Crippen molar-refractivity contribution in [3.8, 4) is 0 Å².